The van der Waals surface area contributed by atoms with Crippen molar-refractivity contribution in [3.05, 3.63) is 35.9 Å². The van der Waals surface area contributed by atoms with E-state index in [4.69, 9.17) is 0 Å². The van der Waals surface area contributed by atoms with Crippen LogP contribution in [0.5, 0.6) is 5.75 Å². The van der Waals surface area contributed by atoms with Gasteiger partial charge in [-0.2, -0.15) is 0 Å². The predicted octanol–water partition coefficient (Wildman–Crippen LogP) is 4.13. The van der Waals surface area contributed by atoms with E-state index in [9.17, 15) is 9.90 Å². The molecular weight excluding hydrogens is 262 g/mol. The minimum Gasteiger partial charge on any atom is -0.508 e. The van der Waals surface area contributed by atoms with Crippen LogP contribution in [0.4, 0.5) is 0 Å². The van der Waals surface area contributed by atoms with Gasteiger partial charge in [0, 0.05) is 12.0 Å². The lowest BCUT2D eigenvalue weighted by atomic mass is 9.81. The first-order chi connectivity index (χ1) is 9.49. The number of hydrogen-bond donors (Lipinski definition) is 2. The van der Waals surface area contributed by atoms with Gasteiger partial charge in [0.1, 0.15) is 5.75 Å². The van der Waals surface area contributed by atoms with Crippen LogP contribution in [0.25, 0.3) is 5.57 Å². The third kappa shape index (κ3) is 6.03. The SMILES string of the molecule is CC(C)(C)NC(=O)CC=C(c1ccc(O)cc1)C(C)(C)C. The molecule has 0 saturated carbocycles. The molecule has 0 aliphatic rings. The van der Waals surface area contributed by atoms with Gasteiger partial charge in [0.05, 0.1) is 0 Å². The molecule has 2 N–H and O–H groups in total. The molecule has 0 aliphatic carbocycles. The van der Waals surface area contributed by atoms with Crippen LogP contribution in [0.15, 0.2) is 30.3 Å². The number of carbonyl (C=O) groups excluding carboxylic acids is 1. The number of phenols is 1. The van der Waals surface area contributed by atoms with Gasteiger partial charge < -0.3 is 10.4 Å². The minimum atomic E-state index is -0.217. The summed E-state index contributed by atoms with van der Waals surface area (Å²) in [5.41, 5.74) is 1.85. The van der Waals surface area contributed by atoms with E-state index >= 15 is 0 Å². The van der Waals surface area contributed by atoms with Gasteiger partial charge in [-0.25, -0.2) is 0 Å². The summed E-state index contributed by atoms with van der Waals surface area (Å²) in [6.07, 6.45) is 2.33. The van der Waals surface area contributed by atoms with Crippen LogP contribution in [-0.2, 0) is 4.79 Å². The van der Waals surface area contributed by atoms with Gasteiger partial charge in [-0.3, -0.25) is 4.79 Å². The Kier molecular flexibility index (Phi) is 5.21. The Morgan fingerprint density at radius 3 is 2.05 bits per heavy atom. The first-order valence-corrected chi connectivity index (χ1v) is 7.30. The number of rotatable bonds is 3. The number of phenolic OH excluding ortho intramolecular Hbond substituents is 1. The van der Waals surface area contributed by atoms with E-state index in [2.05, 4.69) is 26.1 Å². The average molecular weight is 289 g/mol. The molecule has 0 unspecified atom stereocenters. The van der Waals surface area contributed by atoms with Crippen molar-refractivity contribution in [2.75, 3.05) is 0 Å². The molecular formula is C18H27NO2. The summed E-state index contributed by atoms with van der Waals surface area (Å²) in [6, 6.07) is 7.11. The Morgan fingerprint density at radius 1 is 1.10 bits per heavy atom. The van der Waals surface area contributed by atoms with Crippen LogP contribution in [-0.4, -0.2) is 16.6 Å². The van der Waals surface area contributed by atoms with Crippen molar-refractivity contribution < 1.29 is 9.90 Å². The normalized spacial score (nSPS) is 13.1. The highest BCUT2D eigenvalue weighted by atomic mass is 16.3. The number of amides is 1. The minimum absolute atomic E-state index is 0.0167. The maximum Gasteiger partial charge on any atom is 0.224 e. The molecule has 1 rings (SSSR count). The molecule has 21 heavy (non-hydrogen) atoms. The van der Waals surface area contributed by atoms with Crippen LogP contribution in [0.1, 0.15) is 53.5 Å². The van der Waals surface area contributed by atoms with Gasteiger partial charge in [-0.15, -0.1) is 0 Å². The van der Waals surface area contributed by atoms with E-state index in [1.54, 1.807) is 12.1 Å². The van der Waals surface area contributed by atoms with E-state index in [-0.39, 0.29) is 22.6 Å². The molecule has 3 nitrogen and oxygen atoms in total. The standard InChI is InChI=1S/C18H27NO2/c1-17(2,3)15(13-7-9-14(20)10-8-13)11-12-16(21)19-18(4,5)6/h7-11,20H,12H2,1-6H3,(H,19,21). The second-order valence-electron chi connectivity index (χ2n) is 7.42. The highest BCUT2D eigenvalue weighted by Gasteiger charge is 2.20. The molecule has 0 heterocycles. The molecule has 0 saturated heterocycles. The molecule has 0 spiro atoms. The molecule has 0 atom stereocenters. The quantitative estimate of drug-likeness (QED) is 0.879. The van der Waals surface area contributed by atoms with Gasteiger partial charge >= 0.3 is 0 Å². The van der Waals surface area contributed by atoms with Crippen molar-refractivity contribution in [2.45, 2.75) is 53.5 Å². The Hall–Kier alpha value is -1.77. The van der Waals surface area contributed by atoms with Crippen molar-refractivity contribution in [2.24, 2.45) is 5.41 Å². The predicted molar refractivity (Wildman–Crippen MR) is 88.1 cm³/mol. The molecule has 1 amide bonds. The number of benzene rings is 1. The van der Waals surface area contributed by atoms with Crippen molar-refractivity contribution >= 4 is 11.5 Å². The maximum atomic E-state index is 12.0. The van der Waals surface area contributed by atoms with E-state index < -0.39 is 0 Å². The fourth-order valence-corrected chi connectivity index (χ4v) is 2.16. The number of carbonyl (C=O) groups is 1. The lowest BCUT2D eigenvalue weighted by Crippen LogP contribution is -2.40. The summed E-state index contributed by atoms with van der Waals surface area (Å²) in [6.45, 7) is 12.3. The number of aromatic hydroxyl groups is 1. The maximum absolute atomic E-state index is 12.0. The van der Waals surface area contributed by atoms with E-state index in [0.29, 0.717) is 6.42 Å². The Balaban J connectivity index is 2.97. The van der Waals surface area contributed by atoms with E-state index in [1.165, 1.54) is 0 Å². The van der Waals surface area contributed by atoms with Crippen LogP contribution in [0, 0.1) is 5.41 Å². The summed E-state index contributed by atoms with van der Waals surface area (Å²) in [5, 5.41) is 12.4. The largest absolute Gasteiger partial charge is 0.508 e. The highest BCUT2D eigenvalue weighted by Crippen LogP contribution is 2.34. The molecule has 0 fully saturated rings. The summed E-state index contributed by atoms with van der Waals surface area (Å²) < 4.78 is 0. The second kappa shape index (κ2) is 6.33. The highest BCUT2D eigenvalue weighted by molar-refractivity contribution is 5.81. The summed E-state index contributed by atoms with van der Waals surface area (Å²) in [7, 11) is 0. The Morgan fingerprint density at radius 2 is 1.62 bits per heavy atom. The molecule has 1 aromatic carbocycles. The zero-order valence-electron chi connectivity index (χ0n) is 13.9. The first-order valence-electron chi connectivity index (χ1n) is 7.30. The number of allylic oxidation sites excluding steroid dienone is 1. The molecule has 3 heteroatoms. The monoisotopic (exact) mass is 289 g/mol. The summed E-state index contributed by atoms with van der Waals surface area (Å²) in [4.78, 5) is 12.0. The lowest BCUT2D eigenvalue weighted by molar-refractivity contribution is -0.121. The summed E-state index contributed by atoms with van der Waals surface area (Å²) in [5.74, 6) is 0.264. The summed E-state index contributed by atoms with van der Waals surface area (Å²) >= 11 is 0. The zero-order valence-corrected chi connectivity index (χ0v) is 13.9. The van der Waals surface area contributed by atoms with Crippen LogP contribution >= 0.6 is 0 Å². The molecule has 0 aromatic heterocycles. The topological polar surface area (TPSA) is 49.3 Å². The number of nitrogens with one attached hydrogen (secondary N) is 1. The molecule has 116 valence electrons. The van der Waals surface area contributed by atoms with Crippen molar-refractivity contribution in [1.82, 2.24) is 5.32 Å². The lowest BCUT2D eigenvalue weighted by Gasteiger charge is -2.24. The van der Waals surface area contributed by atoms with Gasteiger partial charge in [0.25, 0.3) is 0 Å². The van der Waals surface area contributed by atoms with Gasteiger partial charge in [-0.05, 0) is 49.5 Å². The third-order valence-electron chi connectivity index (χ3n) is 2.99. The number of hydrogen-bond acceptors (Lipinski definition) is 2. The average Bonchev–Trinajstić information content (AvgIpc) is 2.27. The molecule has 1 aromatic rings. The van der Waals surface area contributed by atoms with E-state index in [1.807, 2.05) is 39.0 Å². The van der Waals surface area contributed by atoms with Crippen LogP contribution in [0.3, 0.4) is 0 Å². The fourth-order valence-electron chi connectivity index (χ4n) is 2.16. The first kappa shape index (κ1) is 17.3. The second-order valence-corrected chi connectivity index (χ2v) is 7.42. The molecule has 0 bridgehead atoms. The van der Waals surface area contributed by atoms with Crippen molar-refractivity contribution in [3.8, 4) is 5.75 Å². The van der Waals surface area contributed by atoms with Gasteiger partial charge in [0.15, 0.2) is 0 Å². The van der Waals surface area contributed by atoms with Crippen LogP contribution < -0.4 is 5.32 Å². The van der Waals surface area contributed by atoms with Crippen molar-refractivity contribution in [1.29, 1.82) is 0 Å². The molecule has 0 aliphatic heterocycles. The molecule has 0 radical (unpaired) electrons. The Bertz CT molecular complexity index is 514. The Labute approximate surface area is 128 Å². The fraction of sp³-hybridized carbons (Fsp3) is 0.500. The van der Waals surface area contributed by atoms with Crippen molar-refractivity contribution in [3.63, 3.8) is 0 Å². The van der Waals surface area contributed by atoms with Gasteiger partial charge in [0.2, 0.25) is 5.91 Å². The third-order valence-corrected chi connectivity index (χ3v) is 2.99. The van der Waals surface area contributed by atoms with Crippen LogP contribution in [0.2, 0.25) is 0 Å². The zero-order chi connectivity index (χ0) is 16.3. The smallest absolute Gasteiger partial charge is 0.224 e. The van der Waals surface area contributed by atoms with E-state index in [0.717, 1.165) is 11.1 Å². The van der Waals surface area contributed by atoms with Gasteiger partial charge in [-0.1, -0.05) is 39.0 Å².